The summed E-state index contributed by atoms with van der Waals surface area (Å²) in [5, 5.41) is 0.0389. The van der Waals surface area contributed by atoms with Gasteiger partial charge in [0.25, 0.3) is 0 Å². The molecule has 0 radical (unpaired) electrons. The molecule has 0 aliphatic heterocycles. The van der Waals surface area contributed by atoms with E-state index in [0.29, 0.717) is 6.61 Å². The summed E-state index contributed by atoms with van der Waals surface area (Å²) in [5.41, 5.74) is -1.51. The van der Waals surface area contributed by atoms with E-state index < -0.39 is 23.4 Å². The molecule has 0 spiro atoms. The lowest BCUT2D eigenvalue weighted by atomic mass is 10.2. The smallest absolute Gasteiger partial charge is 0.424 e. The molecular weight excluding hydrogens is 376 g/mol. The van der Waals surface area contributed by atoms with Crippen LogP contribution in [0.3, 0.4) is 0 Å². The van der Waals surface area contributed by atoms with Crippen molar-refractivity contribution in [1.29, 1.82) is 0 Å². The van der Waals surface area contributed by atoms with Crippen molar-refractivity contribution in [2.45, 2.75) is 52.7 Å². The molecule has 1 aromatic heterocycles. The van der Waals surface area contributed by atoms with E-state index in [1.165, 1.54) is 19.2 Å². The van der Waals surface area contributed by atoms with Gasteiger partial charge in [0.05, 0.1) is 12.3 Å². The van der Waals surface area contributed by atoms with Crippen molar-refractivity contribution in [3.8, 4) is 5.88 Å². The van der Waals surface area contributed by atoms with Gasteiger partial charge in [-0.15, -0.1) is 0 Å². The number of hydrogen-bond acceptors (Lipinski definition) is 7. The first-order valence-electron chi connectivity index (χ1n) is 8.38. The zero-order valence-electron chi connectivity index (χ0n) is 16.8. The summed E-state index contributed by atoms with van der Waals surface area (Å²) in [6.45, 7) is 10.7. The van der Waals surface area contributed by atoms with Crippen molar-refractivity contribution in [1.82, 2.24) is 4.98 Å². The summed E-state index contributed by atoms with van der Waals surface area (Å²) >= 11 is 6.03. The van der Waals surface area contributed by atoms with Gasteiger partial charge in [0.15, 0.2) is 0 Å². The second-order valence-corrected chi connectivity index (χ2v) is 8.01. The minimum Gasteiger partial charge on any atom is -0.475 e. The zero-order valence-corrected chi connectivity index (χ0v) is 17.5. The monoisotopic (exact) mass is 402 g/mol. The number of halogens is 1. The highest BCUT2D eigenvalue weighted by Crippen LogP contribution is 2.27. The number of anilines is 1. The van der Waals surface area contributed by atoms with Gasteiger partial charge in [0.1, 0.15) is 23.0 Å². The fourth-order valence-electron chi connectivity index (χ4n) is 1.79. The third kappa shape index (κ3) is 8.45. The van der Waals surface area contributed by atoms with Gasteiger partial charge in [-0.1, -0.05) is 11.6 Å². The lowest BCUT2D eigenvalue weighted by Crippen LogP contribution is -2.43. The molecule has 27 heavy (non-hydrogen) atoms. The number of nitrogens with zero attached hydrogens (tertiary/aromatic N) is 2. The Kier molecular flexibility index (Phi) is 7.86. The van der Waals surface area contributed by atoms with Crippen molar-refractivity contribution < 1.29 is 28.5 Å². The van der Waals surface area contributed by atoms with Crippen LogP contribution in [0.1, 0.15) is 41.5 Å². The van der Waals surface area contributed by atoms with Crippen molar-refractivity contribution in [3.05, 3.63) is 17.3 Å². The van der Waals surface area contributed by atoms with Crippen LogP contribution in [0.15, 0.2) is 12.1 Å². The Morgan fingerprint density at radius 3 is 1.96 bits per heavy atom. The van der Waals surface area contributed by atoms with Crippen LogP contribution < -0.4 is 9.64 Å². The number of pyridine rings is 1. The number of rotatable bonds is 5. The Balaban J connectivity index is 3.25. The van der Waals surface area contributed by atoms with Crippen LogP contribution in [0.5, 0.6) is 5.88 Å². The van der Waals surface area contributed by atoms with Gasteiger partial charge in [-0.25, -0.2) is 14.6 Å². The van der Waals surface area contributed by atoms with Gasteiger partial charge in [0, 0.05) is 19.2 Å². The molecule has 1 heterocycles. The highest BCUT2D eigenvalue weighted by molar-refractivity contribution is 6.30. The third-order valence-corrected chi connectivity index (χ3v) is 2.90. The van der Waals surface area contributed by atoms with Gasteiger partial charge in [-0.3, -0.25) is 0 Å². The Bertz CT molecular complexity index is 639. The lowest BCUT2D eigenvalue weighted by molar-refractivity contribution is 0.0430. The predicted octanol–water partition coefficient (Wildman–Crippen LogP) is 4.44. The van der Waals surface area contributed by atoms with Gasteiger partial charge in [0.2, 0.25) is 5.88 Å². The lowest BCUT2D eigenvalue weighted by Gasteiger charge is -2.28. The first-order valence-corrected chi connectivity index (χ1v) is 8.75. The fraction of sp³-hybridized carbons (Fsp3) is 0.611. The molecule has 1 aromatic rings. The summed E-state index contributed by atoms with van der Waals surface area (Å²) in [4.78, 5) is 30.1. The maximum atomic E-state index is 12.6. The fourth-order valence-corrected chi connectivity index (χ4v) is 1.99. The highest BCUT2D eigenvalue weighted by atomic mass is 35.5. The van der Waals surface area contributed by atoms with Crippen LogP contribution in [0.4, 0.5) is 15.3 Å². The maximum absolute atomic E-state index is 12.6. The zero-order chi connectivity index (χ0) is 20.8. The summed E-state index contributed by atoms with van der Waals surface area (Å²) in [7, 11) is 1.53. The first kappa shape index (κ1) is 23.0. The van der Waals surface area contributed by atoms with Crippen molar-refractivity contribution in [3.63, 3.8) is 0 Å². The van der Waals surface area contributed by atoms with E-state index in [-0.39, 0.29) is 23.3 Å². The van der Waals surface area contributed by atoms with E-state index in [0.717, 1.165) is 4.90 Å². The Morgan fingerprint density at radius 1 is 1.00 bits per heavy atom. The maximum Gasteiger partial charge on any atom is 0.424 e. The van der Waals surface area contributed by atoms with Gasteiger partial charge in [-0.2, -0.15) is 4.90 Å². The first-order chi connectivity index (χ1) is 12.3. The second kappa shape index (κ2) is 9.23. The van der Waals surface area contributed by atoms with Crippen molar-refractivity contribution in [2.75, 3.05) is 25.2 Å². The SMILES string of the molecule is COCCOc1cc(N(C(=O)OC(C)(C)C)C(=O)OC(C)(C)C)cc(Cl)n1. The van der Waals surface area contributed by atoms with Crippen molar-refractivity contribution >= 4 is 29.5 Å². The second-order valence-electron chi connectivity index (χ2n) is 7.62. The summed E-state index contributed by atoms with van der Waals surface area (Å²) in [6.07, 6.45) is -1.80. The van der Waals surface area contributed by atoms with Crippen LogP contribution >= 0.6 is 11.6 Å². The highest BCUT2D eigenvalue weighted by Gasteiger charge is 2.33. The van der Waals surface area contributed by atoms with Gasteiger partial charge < -0.3 is 18.9 Å². The molecule has 0 aromatic carbocycles. The largest absolute Gasteiger partial charge is 0.475 e. The van der Waals surface area contributed by atoms with Crippen molar-refractivity contribution in [2.24, 2.45) is 0 Å². The molecule has 8 nitrogen and oxygen atoms in total. The molecule has 0 saturated carbocycles. The molecule has 2 amide bonds. The molecule has 152 valence electrons. The minimum atomic E-state index is -0.901. The number of hydrogen-bond donors (Lipinski definition) is 0. The number of ether oxygens (including phenoxy) is 4. The summed E-state index contributed by atoms with van der Waals surface area (Å²) in [5.74, 6) is 0.131. The van der Waals surface area contributed by atoms with Crippen LogP contribution in [0, 0.1) is 0 Å². The van der Waals surface area contributed by atoms with Crippen LogP contribution in [-0.2, 0) is 14.2 Å². The normalized spacial score (nSPS) is 11.7. The topological polar surface area (TPSA) is 87.2 Å². The number of carbonyl (C=O) groups excluding carboxylic acids is 2. The quantitative estimate of drug-likeness (QED) is 0.531. The van der Waals surface area contributed by atoms with E-state index in [2.05, 4.69) is 4.98 Å². The molecule has 0 bridgehead atoms. The van der Waals surface area contributed by atoms with Crippen LogP contribution in [0.25, 0.3) is 0 Å². The number of carbonyl (C=O) groups is 2. The van der Waals surface area contributed by atoms with E-state index in [1.54, 1.807) is 41.5 Å². The molecule has 0 aliphatic carbocycles. The summed E-state index contributed by atoms with van der Waals surface area (Å²) < 4.78 is 21.0. The molecule has 0 aliphatic rings. The molecule has 0 unspecified atom stereocenters. The van der Waals surface area contributed by atoms with E-state index in [1.807, 2.05) is 0 Å². The Labute approximate surface area is 164 Å². The molecule has 9 heteroatoms. The Morgan fingerprint density at radius 2 is 1.52 bits per heavy atom. The Hall–Kier alpha value is -2.06. The average Bonchev–Trinajstić information content (AvgIpc) is 2.43. The molecule has 0 saturated heterocycles. The molecule has 0 fully saturated rings. The van der Waals surface area contributed by atoms with E-state index in [9.17, 15) is 9.59 Å². The van der Waals surface area contributed by atoms with E-state index >= 15 is 0 Å². The molecule has 0 atom stereocenters. The number of methoxy groups -OCH3 is 1. The average molecular weight is 403 g/mol. The summed E-state index contributed by atoms with van der Waals surface area (Å²) in [6, 6.07) is 2.74. The van der Waals surface area contributed by atoms with Crippen LogP contribution in [0.2, 0.25) is 5.15 Å². The van der Waals surface area contributed by atoms with E-state index in [4.69, 9.17) is 30.5 Å². The predicted molar refractivity (Wildman–Crippen MR) is 102 cm³/mol. The van der Waals surface area contributed by atoms with Crippen LogP contribution in [-0.4, -0.2) is 48.7 Å². The third-order valence-electron chi connectivity index (χ3n) is 2.70. The number of amides is 2. The minimum absolute atomic E-state index is 0.0389. The van der Waals surface area contributed by atoms with Gasteiger partial charge in [-0.05, 0) is 41.5 Å². The molecule has 0 N–H and O–H groups in total. The van der Waals surface area contributed by atoms with Gasteiger partial charge >= 0.3 is 12.2 Å². The standard InChI is InChI=1S/C18H27ClN2O6/c1-17(2,3)26-15(22)21(16(23)27-18(4,5)6)12-10-13(19)20-14(11-12)25-9-8-24-7/h10-11H,8-9H2,1-7H3. The molecule has 1 rings (SSSR count). The number of imide groups is 1. The molecular formula is C18H27ClN2O6. The number of aromatic nitrogens is 1.